The van der Waals surface area contributed by atoms with Gasteiger partial charge in [0, 0.05) is 32.1 Å². The minimum atomic E-state index is -3.56. The third kappa shape index (κ3) is 6.52. The molecule has 1 fully saturated rings. The molecule has 1 N–H and O–H groups in total. The van der Waals surface area contributed by atoms with Gasteiger partial charge in [-0.3, -0.25) is 9.59 Å². The molecule has 9 nitrogen and oxygen atoms in total. The van der Waals surface area contributed by atoms with Crippen LogP contribution in [-0.2, 0) is 19.6 Å². The second-order valence-corrected chi connectivity index (χ2v) is 11.8. The van der Waals surface area contributed by atoms with Gasteiger partial charge in [-0.15, -0.1) is 10.2 Å². The van der Waals surface area contributed by atoms with Crippen LogP contribution in [0.3, 0.4) is 0 Å². The van der Waals surface area contributed by atoms with E-state index in [1.54, 1.807) is 29.2 Å². The predicted octanol–water partition coefficient (Wildman–Crippen LogP) is 2.85. The van der Waals surface area contributed by atoms with Crippen LogP contribution in [0.4, 0.5) is 5.13 Å². The van der Waals surface area contributed by atoms with Crippen LogP contribution >= 0.6 is 23.1 Å². The van der Waals surface area contributed by atoms with E-state index in [0.29, 0.717) is 48.5 Å². The summed E-state index contributed by atoms with van der Waals surface area (Å²) in [6.45, 7) is 7.70. The van der Waals surface area contributed by atoms with Crippen molar-refractivity contribution in [2.45, 2.75) is 42.8 Å². The maximum atomic E-state index is 12.8. The SMILES string of the molecule is CCN(CC)C(=O)CSc1nnc(NC(=O)C2CCN(S(=O)(=O)c3ccc(C)cc3)CC2)s1. The number of rotatable bonds is 9. The Morgan fingerprint density at radius 3 is 2.39 bits per heavy atom. The fraction of sp³-hybridized carbons (Fsp3) is 0.524. The molecular weight excluding hydrogens is 482 g/mol. The predicted molar refractivity (Wildman–Crippen MR) is 130 cm³/mol. The van der Waals surface area contributed by atoms with Gasteiger partial charge in [0.15, 0.2) is 4.34 Å². The number of sulfonamides is 1. The molecule has 2 aromatic rings. The van der Waals surface area contributed by atoms with E-state index in [4.69, 9.17) is 0 Å². The van der Waals surface area contributed by atoms with E-state index in [-0.39, 0.29) is 28.4 Å². The van der Waals surface area contributed by atoms with Crippen molar-refractivity contribution in [3.63, 3.8) is 0 Å². The van der Waals surface area contributed by atoms with Crippen molar-refractivity contribution in [3.8, 4) is 0 Å². The van der Waals surface area contributed by atoms with Crippen molar-refractivity contribution in [2.75, 3.05) is 37.2 Å². The van der Waals surface area contributed by atoms with Gasteiger partial charge in [0.05, 0.1) is 10.6 Å². The highest BCUT2D eigenvalue weighted by atomic mass is 32.2. The molecule has 0 aliphatic carbocycles. The van der Waals surface area contributed by atoms with Gasteiger partial charge in [0.1, 0.15) is 0 Å². The van der Waals surface area contributed by atoms with E-state index in [1.807, 2.05) is 20.8 Å². The van der Waals surface area contributed by atoms with Crippen molar-refractivity contribution in [3.05, 3.63) is 29.8 Å². The maximum Gasteiger partial charge on any atom is 0.243 e. The van der Waals surface area contributed by atoms with Gasteiger partial charge >= 0.3 is 0 Å². The van der Waals surface area contributed by atoms with E-state index in [1.165, 1.54) is 27.4 Å². The third-order valence-corrected chi connectivity index (χ3v) is 9.42. The van der Waals surface area contributed by atoms with Gasteiger partial charge in [0.25, 0.3) is 0 Å². The highest BCUT2D eigenvalue weighted by Gasteiger charge is 2.32. The zero-order chi connectivity index (χ0) is 24.0. The molecule has 0 bridgehead atoms. The molecule has 1 saturated heterocycles. The molecular formula is C21H29N5O4S3. The number of aromatic nitrogens is 2. The summed E-state index contributed by atoms with van der Waals surface area (Å²) in [5.41, 5.74) is 0.998. The minimum Gasteiger partial charge on any atom is -0.343 e. The van der Waals surface area contributed by atoms with Crippen LogP contribution in [0.25, 0.3) is 0 Å². The van der Waals surface area contributed by atoms with Gasteiger partial charge in [-0.2, -0.15) is 4.31 Å². The van der Waals surface area contributed by atoms with Crippen molar-refractivity contribution < 1.29 is 18.0 Å². The first kappa shape index (κ1) is 25.6. The van der Waals surface area contributed by atoms with Crippen LogP contribution < -0.4 is 5.32 Å². The smallest absolute Gasteiger partial charge is 0.243 e. The normalized spacial score (nSPS) is 15.4. The zero-order valence-electron chi connectivity index (χ0n) is 19.0. The molecule has 1 aromatic heterocycles. The van der Waals surface area contributed by atoms with E-state index in [9.17, 15) is 18.0 Å². The summed E-state index contributed by atoms with van der Waals surface area (Å²) < 4.78 is 27.7. The number of carbonyl (C=O) groups is 2. The lowest BCUT2D eigenvalue weighted by Gasteiger charge is -2.30. The lowest BCUT2D eigenvalue weighted by molar-refractivity contribution is -0.128. The quantitative estimate of drug-likeness (QED) is 0.407. The number of anilines is 1. The number of carbonyl (C=O) groups excluding carboxylic acids is 2. The number of amides is 2. The molecule has 3 rings (SSSR count). The van der Waals surface area contributed by atoms with E-state index in [0.717, 1.165) is 5.56 Å². The first-order valence-corrected chi connectivity index (χ1v) is 14.1. The summed E-state index contributed by atoms with van der Waals surface area (Å²) in [7, 11) is -3.56. The Bertz CT molecular complexity index is 1060. The van der Waals surface area contributed by atoms with Crippen molar-refractivity contribution in [1.82, 2.24) is 19.4 Å². The Morgan fingerprint density at radius 1 is 1.15 bits per heavy atom. The molecule has 1 aliphatic heterocycles. The summed E-state index contributed by atoms with van der Waals surface area (Å²) >= 11 is 2.53. The summed E-state index contributed by atoms with van der Waals surface area (Å²) in [5.74, 6) is -0.163. The Balaban J connectivity index is 1.49. The van der Waals surface area contributed by atoms with Crippen molar-refractivity contribution in [1.29, 1.82) is 0 Å². The highest BCUT2D eigenvalue weighted by molar-refractivity contribution is 8.01. The molecule has 0 saturated carbocycles. The first-order valence-electron chi connectivity index (χ1n) is 10.9. The molecule has 12 heteroatoms. The molecule has 0 unspecified atom stereocenters. The Morgan fingerprint density at radius 2 is 1.79 bits per heavy atom. The maximum absolute atomic E-state index is 12.8. The highest BCUT2D eigenvalue weighted by Crippen LogP contribution is 2.28. The summed E-state index contributed by atoms with van der Waals surface area (Å²) in [6.07, 6.45) is 0.880. The average molecular weight is 512 g/mol. The van der Waals surface area contributed by atoms with E-state index < -0.39 is 10.0 Å². The molecule has 0 spiro atoms. The topological polar surface area (TPSA) is 113 Å². The lowest BCUT2D eigenvalue weighted by atomic mass is 9.97. The largest absolute Gasteiger partial charge is 0.343 e. The summed E-state index contributed by atoms with van der Waals surface area (Å²) in [6, 6.07) is 6.79. The molecule has 0 atom stereocenters. The molecule has 2 amide bonds. The Kier molecular flexibility index (Phi) is 8.85. The summed E-state index contributed by atoms with van der Waals surface area (Å²) in [5, 5.41) is 11.2. The second-order valence-electron chi connectivity index (χ2n) is 7.71. The number of piperidine rings is 1. The number of nitrogens with one attached hydrogen (secondary N) is 1. The van der Waals surface area contributed by atoms with Crippen LogP contribution in [0.5, 0.6) is 0 Å². The number of hydrogen-bond donors (Lipinski definition) is 1. The molecule has 180 valence electrons. The van der Waals surface area contributed by atoms with E-state index >= 15 is 0 Å². The molecule has 1 aliphatic rings. The number of benzene rings is 1. The van der Waals surface area contributed by atoms with Crippen LogP contribution in [0.2, 0.25) is 0 Å². The Hall–Kier alpha value is -2.02. The monoisotopic (exact) mass is 511 g/mol. The van der Waals surface area contributed by atoms with Crippen LogP contribution in [0, 0.1) is 12.8 Å². The van der Waals surface area contributed by atoms with Crippen LogP contribution in [-0.4, -0.2) is 71.6 Å². The van der Waals surface area contributed by atoms with Crippen LogP contribution in [0.1, 0.15) is 32.3 Å². The first-order chi connectivity index (χ1) is 15.7. The number of thioether (sulfide) groups is 1. The lowest BCUT2D eigenvalue weighted by Crippen LogP contribution is -2.41. The molecule has 2 heterocycles. The second kappa shape index (κ2) is 11.4. The molecule has 1 aromatic carbocycles. The third-order valence-electron chi connectivity index (χ3n) is 5.56. The minimum absolute atomic E-state index is 0.0399. The van der Waals surface area contributed by atoms with Gasteiger partial charge < -0.3 is 10.2 Å². The molecule has 0 radical (unpaired) electrons. The van der Waals surface area contributed by atoms with Crippen molar-refractivity contribution >= 4 is 50.1 Å². The fourth-order valence-corrected chi connectivity index (χ4v) is 6.66. The zero-order valence-corrected chi connectivity index (χ0v) is 21.4. The van der Waals surface area contributed by atoms with Gasteiger partial charge in [-0.1, -0.05) is 40.8 Å². The van der Waals surface area contributed by atoms with Gasteiger partial charge in [0.2, 0.25) is 27.0 Å². The van der Waals surface area contributed by atoms with Gasteiger partial charge in [-0.25, -0.2) is 8.42 Å². The Labute approximate surface area is 203 Å². The summed E-state index contributed by atoms with van der Waals surface area (Å²) in [4.78, 5) is 26.8. The number of hydrogen-bond acceptors (Lipinski definition) is 8. The average Bonchev–Trinajstić information content (AvgIpc) is 3.26. The number of nitrogens with zero attached hydrogens (tertiary/aromatic N) is 4. The van der Waals surface area contributed by atoms with Gasteiger partial charge in [-0.05, 0) is 45.7 Å². The number of aryl methyl sites for hydroxylation is 1. The molecule has 33 heavy (non-hydrogen) atoms. The fourth-order valence-electron chi connectivity index (χ4n) is 3.53. The standard InChI is InChI=1S/C21H29N5O4S3/c1-4-25(5-2)18(27)14-31-21-24-23-20(32-21)22-19(28)16-10-12-26(13-11-16)33(29,30)17-8-6-15(3)7-9-17/h6-9,16H,4-5,10-14H2,1-3H3,(H,22,23,28). The van der Waals surface area contributed by atoms with E-state index in [2.05, 4.69) is 15.5 Å². The van der Waals surface area contributed by atoms with Crippen LogP contribution in [0.15, 0.2) is 33.5 Å². The van der Waals surface area contributed by atoms with Crippen molar-refractivity contribution in [2.24, 2.45) is 5.92 Å².